The van der Waals surface area contributed by atoms with Gasteiger partial charge in [-0.05, 0) is 12.1 Å². The normalized spacial score (nSPS) is 18.3. The first-order valence-corrected chi connectivity index (χ1v) is 7.74. The van der Waals surface area contributed by atoms with E-state index < -0.39 is 11.7 Å². The van der Waals surface area contributed by atoms with Crippen molar-refractivity contribution in [1.29, 1.82) is 0 Å². The smallest absolute Gasteiger partial charge is 0.368 e. The van der Waals surface area contributed by atoms with Crippen LogP contribution in [0.2, 0.25) is 0 Å². The van der Waals surface area contributed by atoms with E-state index in [0.29, 0.717) is 37.0 Å². The summed E-state index contributed by atoms with van der Waals surface area (Å²) in [5.41, 5.74) is -0.0611. The van der Waals surface area contributed by atoms with Gasteiger partial charge >= 0.3 is 6.18 Å². The van der Waals surface area contributed by atoms with Crippen molar-refractivity contribution in [3.05, 3.63) is 42.0 Å². The fraction of sp³-hybridized carbons (Fsp3) is 0.438. The number of hydrogen-bond acceptors (Lipinski definition) is 6. The molecule has 9 heteroatoms. The molecule has 0 bridgehead atoms. The molecule has 25 heavy (non-hydrogen) atoms. The van der Waals surface area contributed by atoms with Gasteiger partial charge in [0.05, 0.1) is 18.7 Å². The number of rotatable bonds is 3. The fourth-order valence-electron chi connectivity index (χ4n) is 2.68. The predicted octanol–water partition coefficient (Wildman–Crippen LogP) is 2.53. The van der Waals surface area contributed by atoms with Crippen molar-refractivity contribution in [2.45, 2.75) is 12.3 Å². The van der Waals surface area contributed by atoms with E-state index in [1.165, 1.54) is 6.07 Å². The van der Waals surface area contributed by atoms with E-state index in [1.54, 1.807) is 12.4 Å². The molecule has 0 saturated carbocycles. The molecule has 0 radical (unpaired) electrons. The van der Waals surface area contributed by atoms with Gasteiger partial charge in [0.2, 0.25) is 0 Å². The van der Waals surface area contributed by atoms with Crippen molar-refractivity contribution in [2.75, 3.05) is 43.6 Å². The van der Waals surface area contributed by atoms with Gasteiger partial charge < -0.3 is 14.5 Å². The molecule has 1 aliphatic rings. The molecule has 0 spiro atoms. The average Bonchev–Trinajstić information content (AvgIpc) is 2.61. The molecule has 1 saturated heterocycles. The van der Waals surface area contributed by atoms with Crippen LogP contribution < -0.4 is 9.80 Å². The van der Waals surface area contributed by atoms with Gasteiger partial charge in [-0.2, -0.15) is 13.2 Å². The Morgan fingerprint density at radius 3 is 2.56 bits per heavy atom. The molecule has 2 aromatic rings. The Bertz CT molecular complexity index is 720. The summed E-state index contributed by atoms with van der Waals surface area (Å²) in [5, 5.41) is 0. The zero-order chi connectivity index (χ0) is 18.0. The first kappa shape index (κ1) is 17.4. The standard InChI is InChI=1S/C16H18F3N5O/c1-23(2)15-14(20-5-6-21-15)12-10-24(7-8-25-12)13-4-3-11(9-22-13)16(17,18)19/h3-6,9,12H,7-8,10H2,1-2H3/t12-/m1/s1. The largest absolute Gasteiger partial charge is 0.417 e. The van der Waals surface area contributed by atoms with E-state index in [9.17, 15) is 13.2 Å². The maximum absolute atomic E-state index is 12.7. The Balaban J connectivity index is 1.80. The van der Waals surface area contributed by atoms with Gasteiger partial charge in [-0.1, -0.05) is 0 Å². The van der Waals surface area contributed by atoms with Gasteiger partial charge in [-0.15, -0.1) is 0 Å². The Kier molecular flexibility index (Phi) is 4.76. The van der Waals surface area contributed by atoms with Crippen LogP contribution in [0.5, 0.6) is 0 Å². The van der Waals surface area contributed by atoms with Gasteiger partial charge in [0, 0.05) is 39.2 Å². The Hall–Kier alpha value is -2.42. The number of pyridine rings is 1. The molecule has 0 aliphatic carbocycles. The van der Waals surface area contributed by atoms with Crippen LogP contribution >= 0.6 is 0 Å². The predicted molar refractivity (Wildman–Crippen MR) is 86.5 cm³/mol. The molecular formula is C16H18F3N5O. The van der Waals surface area contributed by atoms with E-state index in [4.69, 9.17) is 4.74 Å². The van der Waals surface area contributed by atoms with E-state index in [2.05, 4.69) is 15.0 Å². The summed E-state index contributed by atoms with van der Waals surface area (Å²) < 4.78 is 43.8. The highest BCUT2D eigenvalue weighted by atomic mass is 19.4. The molecule has 1 aliphatic heterocycles. The minimum absolute atomic E-state index is 0.330. The highest BCUT2D eigenvalue weighted by Crippen LogP contribution is 2.31. The second kappa shape index (κ2) is 6.83. The summed E-state index contributed by atoms with van der Waals surface area (Å²) in [6, 6.07) is 2.43. The number of hydrogen-bond donors (Lipinski definition) is 0. The maximum atomic E-state index is 12.7. The monoisotopic (exact) mass is 353 g/mol. The number of alkyl halides is 3. The van der Waals surface area contributed by atoms with Gasteiger partial charge in [0.1, 0.15) is 17.6 Å². The van der Waals surface area contributed by atoms with Crippen LogP contribution in [0.4, 0.5) is 24.8 Å². The third-order valence-electron chi connectivity index (χ3n) is 3.90. The van der Waals surface area contributed by atoms with Gasteiger partial charge in [0.25, 0.3) is 0 Å². The van der Waals surface area contributed by atoms with Crippen LogP contribution in [0.25, 0.3) is 0 Å². The van der Waals surface area contributed by atoms with E-state index in [1.807, 2.05) is 23.9 Å². The molecule has 1 atom stereocenters. The number of nitrogens with zero attached hydrogens (tertiary/aromatic N) is 5. The third kappa shape index (κ3) is 3.81. The van der Waals surface area contributed by atoms with Gasteiger partial charge in [-0.25, -0.2) is 9.97 Å². The molecule has 0 unspecified atom stereocenters. The quantitative estimate of drug-likeness (QED) is 0.845. The Morgan fingerprint density at radius 2 is 1.92 bits per heavy atom. The Morgan fingerprint density at radius 1 is 1.16 bits per heavy atom. The highest BCUT2D eigenvalue weighted by Gasteiger charge is 2.32. The van der Waals surface area contributed by atoms with Crippen molar-refractivity contribution < 1.29 is 17.9 Å². The fourth-order valence-corrected chi connectivity index (χ4v) is 2.68. The molecule has 2 aromatic heterocycles. The van der Waals surface area contributed by atoms with Crippen LogP contribution in [0.1, 0.15) is 17.4 Å². The lowest BCUT2D eigenvalue weighted by molar-refractivity contribution is -0.137. The molecule has 1 fully saturated rings. The van der Waals surface area contributed by atoms with Crippen LogP contribution in [-0.4, -0.2) is 48.7 Å². The van der Waals surface area contributed by atoms with Crippen molar-refractivity contribution in [3.8, 4) is 0 Å². The number of ether oxygens (including phenoxy) is 1. The van der Waals surface area contributed by atoms with E-state index >= 15 is 0 Å². The lowest BCUT2D eigenvalue weighted by Gasteiger charge is -2.34. The topological polar surface area (TPSA) is 54.4 Å². The molecule has 3 rings (SSSR count). The highest BCUT2D eigenvalue weighted by molar-refractivity contribution is 5.45. The molecule has 0 amide bonds. The number of aromatic nitrogens is 3. The number of anilines is 2. The molecule has 0 N–H and O–H groups in total. The number of morpholine rings is 1. The SMILES string of the molecule is CN(C)c1nccnc1[C@H]1CN(c2ccc(C(F)(F)F)cn2)CCO1. The first-order chi connectivity index (χ1) is 11.9. The van der Waals surface area contributed by atoms with Gasteiger partial charge in [0.15, 0.2) is 5.82 Å². The molecule has 134 valence electrons. The summed E-state index contributed by atoms with van der Waals surface area (Å²) in [7, 11) is 3.73. The molecular weight excluding hydrogens is 335 g/mol. The summed E-state index contributed by atoms with van der Waals surface area (Å²) in [6.45, 7) is 1.42. The van der Waals surface area contributed by atoms with Crippen molar-refractivity contribution >= 4 is 11.6 Å². The minimum atomic E-state index is -4.39. The molecule has 6 nitrogen and oxygen atoms in total. The minimum Gasteiger partial charge on any atom is -0.368 e. The second-order valence-corrected chi connectivity index (χ2v) is 5.87. The lowest BCUT2D eigenvalue weighted by atomic mass is 10.2. The maximum Gasteiger partial charge on any atom is 0.417 e. The summed E-state index contributed by atoms with van der Waals surface area (Å²) in [5.74, 6) is 1.19. The zero-order valence-electron chi connectivity index (χ0n) is 13.9. The third-order valence-corrected chi connectivity index (χ3v) is 3.90. The number of halogens is 3. The van der Waals surface area contributed by atoms with Crippen LogP contribution in [0.15, 0.2) is 30.7 Å². The average molecular weight is 353 g/mol. The van der Waals surface area contributed by atoms with Crippen molar-refractivity contribution in [2.24, 2.45) is 0 Å². The van der Waals surface area contributed by atoms with Crippen LogP contribution in [0, 0.1) is 0 Å². The Labute approximate surface area is 143 Å². The summed E-state index contributed by atoms with van der Waals surface area (Å²) in [6.07, 6.45) is -0.659. The van der Waals surface area contributed by atoms with Crippen LogP contribution in [-0.2, 0) is 10.9 Å². The van der Waals surface area contributed by atoms with Crippen molar-refractivity contribution in [1.82, 2.24) is 15.0 Å². The summed E-state index contributed by atoms with van der Waals surface area (Å²) >= 11 is 0. The van der Waals surface area contributed by atoms with E-state index in [0.717, 1.165) is 12.3 Å². The molecule has 0 aromatic carbocycles. The second-order valence-electron chi connectivity index (χ2n) is 5.87. The summed E-state index contributed by atoms with van der Waals surface area (Å²) in [4.78, 5) is 16.4. The molecule has 3 heterocycles. The van der Waals surface area contributed by atoms with Gasteiger partial charge in [-0.3, -0.25) is 4.98 Å². The van der Waals surface area contributed by atoms with Crippen molar-refractivity contribution in [3.63, 3.8) is 0 Å². The first-order valence-electron chi connectivity index (χ1n) is 7.74. The van der Waals surface area contributed by atoms with Crippen LogP contribution in [0.3, 0.4) is 0 Å². The lowest BCUT2D eigenvalue weighted by Crippen LogP contribution is -2.39. The van der Waals surface area contributed by atoms with E-state index in [-0.39, 0.29) is 6.10 Å². The zero-order valence-corrected chi connectivity index (χ0v) is 13.9.